The fourth-order valence-corrected chi connectivity index (χ4v) is 3.37. The molecular formula is C17H17Cl2N. The van der Waals surface area contributed by atoms with Gasteiger partial charge in [0.15, 0.2) is 0 Å². The van der Waals surface area contributed by atoms with Gasteiger partial charge in [0.25, 0.3) is 0 Å². The lowest BCUT2D eigenvalue weighted by Gasteiger charge is -2.21. The van der Waals surface area contributed by atoms with Crippen LogP contribution in [0.3, 0.4) is 0 Å². The molecule has 0 amide bonds. The summed E-state index contributed by atoms with van der Waals surface area (Å²) >= 11 is 12.5. The summed E-state index contributed by atoms with van der Waals surface area (Å²) in [7, 11) is 0. The SMILES string of the molecule is CC1=CCC(C2CCC(c3ccccc3Cl)=N2)C=C1Cl. The number of aliphatic imine (C=N–C) groups is 1. The van der Waals surface area contributed by atoms with Crippen molar-refractivity contribution >= 4 is 28.9 Å². The smallest absolute Gasteiger partial charge is 0.0573 e. The fourth-order valence-electron chi connectivity index (χ4n) is 2.89. The maximum atomic E-state index is 6.26. The second-order valence-corrected chi connectivity index (χ2v) is 6.28. The Morgan fingerprint density at radius 2 is 2.00 bits per heavy atom. The standard InChI is InChI=1S/C17H17Cl2N/c1-11-6-7-12(10-15(11)19)16-8-9-17(20-16)13-4-2-3-5-14(13)18/h2-6,10,12,16H,7-9H2,1H3. The number of nitrogens with zero attached hydrogens (tertiary/aromatic N) is 1. The fraction of sp³-hybridized carbons (Fsp3) is 0.353. The average molecular weight is 306 g/mol. The van der Waals surface area contributed by atoms with Crippen LogP contribution in [-0.4, -0.2) is 11.8 Å². The molecule has 0 fully saturated rings. The monoisotopic (exact) mass is 305 g/mol. The van der Waals surface area contributed by atoms with E-state index in [0.717, 1.165) is 40.6 Å². The highest BCUT2D eigenvalue weighted by Gasteiger charge is 2.27. The lowest BCUT2D eigenvalue weighted by molar-refractivity contribution is 0.501. The molecule has 0 radical (unpaired) electrons. The summed E-state index contributed by atoms with van der Waals surface area (Å²) in [6, 6.07) is 8.28. The summed E-state index contributed by atoms with van der Waals surface area (Å²) in [5.41, 5.74) is 3.39. The molecule has 104 valence electrons. The Labute approximate surface area is 130 Å². The van der Waals surface area contributed by atoms with Gasteiger partial charge in [-0.3, -0.25) is 4.99 Å². The molecule has 3 rings (SSSR count). The van der Waals surface area contributed by atoms with E-state index < -0.39 is 0 Å². The molecule has 1 aromatic carbocycles. The van der Waals surface area contributed by atoms with Crippen LogP contribution in [-0.2, 0) is 0 Å². The van der Waals surface area contributed by atoms with Crippen molar-refractivity contribution in [1.29, 1.82) is 0 Å². The van der Waals surface area contributed by atoms with Crippen LogP contribution >= 0.6 is 23.2 Å². The summed E-state index contributed by atoms with van der Waals surface area (Å²) in [4.78, 5) is 4.90. The lowest BCUT2D eigenvalue weighted by atomic mass is 9.89. The minimum absolute atomic E-state index is 0.333. The van der Waals surface area contributed by atoms with E-state index in [1.165, 1.54) is 5.57 Å². The molecule has 0 saturated heterocycles. The van der Waals surface area contributed by atoms with Crippen LogP contribution in [0.1, 0.15) is 31.7 Å². The molecule has 20 heavy (non-hydrogen) atoms. The van der Waals surface area contributed by atoms with Crippen molar-refractivity contribution in [2.45, 2.75) is 32.2 Å². The minimum atomic E-state index is 0.333. The van der Waals surface area contributed by atoms with Crippen LogP contribution in [0.4, 0.5) is 0 Å². The third kappa shape index (κ3) is 2.70. The van der Waals surface area contributed by atoms with Crippen molar-refractivity contribution < 1.29 is 0 Å². The van der Waals surface area contributed by atoms with Crippen molar-refractivity contribution in [3.05, 3.63) is 57.6 Å². The highest BCUT2D eigenvalue weighted by molar-refractivity contribution is 6.34. The Balaban J connectivity index is 1.81. The molecule has 1 aliphatic heterocycles. The largest absolute Gasteiger partial charge is 0.285 e. The van der Waals surface area contributed by atoms with Gasteiger partial charge in [-0.05, 0) is 37.8 Å². The van der Waals surface area contributed by atoms with Gasteiger partial charge < -0.3 is 0 Å². The summed E-state index contributed by atoms with van der Waals surface area (Å²) in [5.74, 6) is 0.422. The Morgan fingerprint density at radius 3 is 2.75 bits per heavy atom. The molecule has 3 heteroatoms. The highest BCUT2D eigenvalue weighted by Crippen LogP contribution is 2.34. The number of hydrogen-bond acceptors (Lipinski definition) is 1. The Bertz CT molecular complexity index is 613. The van der Waals surface area contributed by atoms with E-state index in [2.05, 4.69) is 25.1 Å². The van der Waals surface area contributed by atoms with Gasteiger partial charge >= 0.3 is 0 Å². The Hall–Kier alpha value is -1.05. The zero-order valence-electron chi connectivity index (χ0n) is 11.4. The highest BCUT2D eigenvalue weighted by atomic mass is 35.5. The third-order valence-electron chi connectivity index (χ3n) is 4.11. The Morgan fingerprint density at radius 1 is 1.20 bits per heavy atom. The molecule has 0 bridgehead atoms. The predicted molar refractivity (Wildman–Crippen MR) is 86.8 cm³/mol. The van der Waals surface area contributed by atoms with E-state index in [4.69, 9.17) is 28.2 Å². The zero-order valence-corrected chi connectivity index (χ0v) is 13.0. The van der Waals surface area contributed by atoms with Gasteiger partial charge in [-0.25, -0.2) is 0 Å². The van der Waals surface area contributed by atoms with Gasteiger partial charge in [0.1, 0.15) is 0 Å². The first-order chi connectivity index (χ1) is 9.65. The molecule has 0 saturated carbocycles. The van der Waals surface area contributed by atoms with Gasteiger partial charge in [-0.1, -0.05) is 53.6 Å². The summed E-state index contributed by atoms with van der Waals surface area (Å²) in [5, 5.41) is 1.67. The second-order valence-electron chi connectivity index (χ2n) is 5.46. The number of benzene rings is 1. The molecule has 1 nitrogen and oxygen atoms in total. The number of hydrogen-bond donors (Lipinski definition) is 0. The first kappa shape index (κ1) is 13.9. The third-order valence-corrected chi connectivity index (χ3v) is 4.86. The molecule has 1 aromatic rings. The summed E-state index contributed by atoms with van der Waals surface area (Å²) in [6.07, 6.45) is 7.50. The van der Waals surface area contributed by atoms with Gasteiger partial charge in [-0.15, -0.1) is 0 Å². The Kier molecular flexibility index (Phi) is 4.00. The second kappa shape index (κ2) is 5.75. The van der Waals surface area contributed by atoms with Crippen LogP contribution in [0.15, 0.2) is 52.0 Å². The topological polar surface area (TPSA) is 12.4 Å². The molecule has 2 aliphatic rings. The molecule has 2 unspecified atom stereocenters. The number of halogens is 2. The number of allylic oxidation sites excluding steroid dienone is 3. The molecule has 2 atom stereocenters. The summed E-state index contributed by atoms with van der Waals surface area (Å²) < 4.78 is 0. The molecule has 1 heterocycles. The number of rotatable bonds is 2. The van der Waals surface area contributed by atoms with Crippen molar-refractivity contribution in [1.82, 2.24) is 0 Å². The molecule has 1 aliphatic carbocycles. The molecule has 0 spiro atoms. The van der Waals surface area contributed by atoms with E-state index in [1.807, 2.05) is 18.2 Å². The molecule has 0 N–H and O–H groups in total. The van der Waals surface area contributed by atoms with Crippen LogP contribution < -0.4 is 0 Å². The van der Waals surface area contributed by atoms with Gasteiger partial charge in [0, 0.05) is 27.2 Å². The lowest BCUT2D eigenvalue weighted by Crippen LogP contribution is -2.15. The van der Waals surface area contributed by atoms with Crippen molar-refractivity contribution in [3.63, 3.8) is 0 Å². The zero-order chi connectivity index (χ0) is 14.1. The molecular weight excluding hydrogens is 289 g/mol. The van der Waals surface area contributed by atoms with Crippen molar-refractivity contribution in [2.24, 2.45) is 10.9 Å². The van der Waals surface area contributed by atoms with Crippen molar-refractivity contribution in [3.8, 4) is 0 Å². The van der Waals surface area contributed by atoms with Crippen LogP contribution in [0.25, 0.3) is 0 Å². The van der Waals surface area contributed by atoms with E-state index >= 15 is 0 Å². The van der Waals surface area contributed by atoms with Crippen LogP contribution in [0, 0.1) is 5.92 Å². The van der Waals surface area contributed by atoms with Crippen LogP contribution in [0.2, 0.25) is 5.02 Å². The normalized spacial score (nSPS) is 26.1. The van der Waals surface area contributed by atoms with E-state index in [1.54, 1.807) is 0 Å². The first-order valence-corrected chi connectivity index (χ1v) is 7.77. The van der Waals surface area contributed by atoms with Gasteiger partial charge in [0.2, 0.25) is 0 Å². The van der Waals surface area contributed by atoms with Gasteiger partial charge in [0.05, 0.1) is 6.04 Å². The summed E-state index contributed by atoms with van der Waals surface area (Å²) in [6.45, 7) is 2.06. The molecule has 0 aromatic heterocycles. The average Bonchev–Trinajstić information content (AvgIpc) is 2.92. The van der Waals surface area contributed by atoms with E-state index in [0.29, 0.717) is 12.0 Å². The van der Waals surface area contributed by atoms with Crippen molar-refractivity contribution in [2.75, 3.05) is 0 Å². The quantitative estimate of drug-likeness (QED) is 0.695. The first-order valence-electron chi connectivity index (χ1n) is 7.01. The maximum absolute atomic E-state index is 6.26. The maximum Gasteiger partial charge on any atom is 0.0573 e. The van der Waals surface area contributed by atoms with Crippen LogP contribution in [0.5, 0.6) is 0 Å². The predicted octanol–water partition coefficient (Wildman–Crippen LogP) is 5.38. The van der Waals surface area contributed by atoms with E-state index in [-0.39, 0.29) is 0 Å². The van der Waals surface area contributed by atoms with Gasteiger partial charge in [-0.2, -0.15) is 0 Å². The minimum Gasteiger partial charge on any atom is -0.285 e. The van der Waals surface area contributed by atoms with E-state index in [9.17, 15) is 0 Å².